The Hall–Kier alpha value is -3.91. The van der Waals surface area contributed by atoms with Crippen molar-refractivity contribution in [2.75, 3.05) is 0 Å². The van der Waals surface area contributed by atoms with E-state index in [0.29, 0.717) is 11.5 Å². The normalized spacial score (nSPS) is 11.4. The number of thiophene rings is 1. The van der Waals surface area contributed by atoms with Gasteiger partial charge in [0.2, 0.25) is 0 Å². The molecule has 0 atom stereocenters. The molecule has 6 rings (SSSR count). The molecule has 6 aromatic rings. The minimum Gasteiger partial charge on any atom is -0.337 e. The molecule has 0 bridgehead atoms. The molecule has 6 aromatic heterocycles. The molecular formula is C21H13N7S. The number of aromatic amines is 2. The van der Waals surface area contributed by atoms with Gasteiger partial charge in [-0.2, -0.15) is 5.10 Å². The molecule has 0 saturated carbocycles. The van der Waals surface area contributed by atoms with Crippen LogP contribution >= 0.6 is 11.3 Å². The Kier molecular flexibility index (Phi) is 3.50. The maximum absolute atomic E-state index is 4.84. The first-order valence-electron chi connectivity index (χ1n) is 9.00. The second-order valence-corrected chi connectivity index (χ2v) is 7.50. The molecular weight excluding hydrogens is 382 g/mol. The van der Waals surface area contributed by atoms with Gasteiger partial charge in [-0.05, 0) is 41.3 Å². The van der Waals surface area contributed by atoms with Gasteiger partial charge in [0.25, 0.3) is 0 Å². The molecule has 0 saturated heterocycles. The minimum absolute atomic E-state index is 0.648. The molecule has 0 radical (unpaired) electrons. The number of pyridine rings is 3. The fraction of sp³-hybridized carbons (Fsp3) is 0. The summed E-state index contributed by atoms with van der Waals surface area (Å²) in [5.74, 6) is 0.710. The predicted octanol–water partition coefficient (Wildman–Crippen LogP) is 4.69. The van der Waals surface area contributed by atoms with E-state index in [1.54, 1.807) is 29.9 Å². The van der Waals surface area contributed by atoms with Gasteiger partial charge in [-0.3, -0.25) is 15.1 Å². The van der Waals surface area contributed by atoms with Gasteiger partial charge >= 0.3 is 0 Å². The maximum Gasteiger partial charge on any atom is 0.181 e. The highest BCUT2D eigenvalue weighted by molar-refractivity contribution is 7.13. The maximum atomic E-state index is 4.84. The number of rotatable bonds is 3. The van der Waals surface area contributed by atoms with Crippen molar-refractivity contribution in [1.29, 1.82) is 0 Å². The van der Waals surface area contributed by atoms with Crippen LogP contribution in [0, 0.1) is 0 Å². The molecule has 0 aliphatic heterocycles. The van der Waals surface area contributed by atoms with Crippen molar-refractivity contribution in [1.82, 2.24) is 35.1 Å². The second-order valence-electron chi connectivity index (χ2n) is 6.55. The fourth-order valence-corrected chi connectivity index (χ4v) is 4.15. The van der Waals surface area contributed by atoms with Crippen molar-refractivity contribution in [2.24, 2.45) is 0 Å². The Morgan fingerprint density at radius 2 is 1.86 bits per heavy atom. The van der Waals surface area contributed by atoms with Crippen molar-refractivity contribution in [3.63, 3.8) is 0 Å². The third-order valence-corrected chi connectivity index (χ3v) is 5.69. The third-order valence-electron chi connectivity index (χ3n) is 4.82. The average molecular weight is 395 g/mol. The highest BCUT2D eigenvalue weighted by Gasteiger charge is 2.16. The molecule has 0 fully saturated rings. The summed E-state index contributed by atoms with van der Waals surface area (Å²) < 4.78 is 0. The summed E-state index contributed by atoms with van der Waals surface area (Å²) in [7, 11) is 0. The van der Waals surface area contributed by atoms with E-state index in [9.17, 15) is 0 Å². The summed E-state index contributed by atoms with van der Waals surface area (Å²) in [6, 6.07) is 12.0. The van der Waals surface area contributed by atoms with Crippen LogP contribution in [0.3, 0.4) is 0 Å². The van der Waals surface area contributed by atoms with Gasteiger partial charge in [-0.25, -0.2) is 9.97 Å². The zero-order chi connectivity index (χ0) is 19.2. The number of hydrogen-bond donors (Lipinski definition) is 2. The first kappa shape index (κ1) is 16.1. The summed E-state index contributed by atoms with van der Waals surface area (Å²) in [6.07, 6.45) is 7.16. The molecule has 7 nitrogen and oxygen atoms in total. The number of nitrogens with zero attached hydrogens (tertiary/aromatic N) is 5. The monoisotopic (exact) mass is 395 g/mol. The lowest BCUT2D eigenvalue weighted by Crippen LogP contribution is -1.84. The highest BCUT2D eigenvalue weighted by atomic mass is 32.1. The van der Waals surface area contributed by atoms with Gasteiger partial charge < -0.3 is 4.98 Å². The lowest BCUT2D eigenvalue weighted by Gasteiger charge is -2.00. The van der Waals surface area contributed by atoms with Crippen LogP contribution < -0.4 is 0 Å². The summed E-state index contributed by atoms with van der Waals surface area (Å²) in [6.45, 7) is 0. The average Bonchev–Trinajstić information content (AvgIpc) is 3.52. The van der Waals surface area contributed by atoms with E-state index in [4.69, 9.17) is 4.98 Å². The second kappa shape index (κ2) is 6.32. The zero-order valence-electron chi connectivity index (χ0n) is 15.0. The molecule has 29 heavy (non-hydrogen) atoms. The van der Waals surface area contributed by atoms with Crippen LogP contribution in [0.15, 0.2) is 66.6 Å². The number of imidazole rings is 1. The minimum atomic E-state index is 0.648. The topological polar surface area (TPSA) is 96.0 Å². The third kappa shape index (κ3) is 2.61. The first-order valence-corrected chi connectivity index (χ1v) is 9.88. The van der Waals surface area contributed by atoms with Crippen LogP contribution in [0.1, 0.15) is 0 Å². The van der Waals surface area contributed by atoms with Gasteiger partial charge in [-0.15, -0.1) is 11.3 Å². The van der Waals surface area contributed by atoms with Crippen LogP contribution in [0.5, 0.6) is 0 Å². The molecule has 2 N–H and O–H groups in total. The number of nitrogens with one attached hydrogen (secondary N) is 2. The summed E-state index contributed by atoms with van der Waals surface area (Å²) in [5, 5.41) is 10.4. The smallest absolute Gasteiger partial charge is 0.181 e. The Balaban J connectivity index is 1.53. The Morgan fingerprint density at radius 1 is 0.931 bits per heavy atom. The number of aromatic nitrogens is 7. The van der Waals surface area contributed by atoms with Crippen LogP contribution in [-0.2, 0) is 0 Å². The Labute approximate surface area is 168 Å². The molecule has 0 aliphatic rings. The lowest BCUT2D eigenvalue weighted by atomic mass is 10.1. The molecule has 0 aromatic carbocycles. The molecule has 0 amide bonds. The van der Waals surface area contributed by atoms with E-state index in [1.165, 1.54) is 0 Å². The number of fused-ring (bicyclic) bond motifs is 2. The molecule has 138 valence electrons. The van der Waals surface area contributed by atoms with Gasteiger partial charge in [0.1, 0.15) is 16.9 Å². The SMILES string of the molecule is c1csc(-c2nccc3[nH]c(-c4[nH]nc5ncc(-c6ccncc6)cc45)nc23)c1. The van der Waals surface area contributed by atoms with Gasteiger partial charge in [0, 0.05) is 30.4 Å². The molecule has 0 aliphatic carbocycles. The quantitative estimate of drug-likeness (QED) is 0.453. The van der Waals surface area contributed by atoms with E-state index in [1.807, 2.05) is 35.8 Å². The molecule has 8 heteroatoms. The first-order chi connectivity index (χ1) is 14.4. The van der Waals surface area contributed by atoms with Gasteiger partial charge in [0.05, 0.1) is 15.8 Å². The van der Waals surface area contributed by atoms with E-state index < -0.39 is 0 Å². The van der Waals surface area contributed by atoms with Crippen molar-refractivity contribution in [3.8, 4) is 33.2 Å². The lowest BCUT2D eigenvalue weighted by molar-refractivity contribution is 1.09. The molecule has 6 heterocycles. The Morgan fingerprint density at radius 3 is 2.72 bits per heavy atom. The van der Waals surface area contributed by atoms with Crippen molar-refractivity contribution in [3.05, 3.63) is 66.6 Å². The largest absolute Gasteiger partial charge is 0.337 e. The standard InChI is InChI=1S/C21H13N7S/c1-2-16(29-9-1)19-18-15(5-8-23-19)25-21(26-18)17-14-10-13(11-24-20(14)28-27-17)12-3-6-22-7-4-12/h1-11H,(H,25,26)(H,24,27,28). The van der Waals surface area contributed by atoms with Crippen LogP contribution in [0.2, 0.25) is 0 Å². The van der Waals surface area contributed by atoms with Crippen LogP contribution in [0.25, 0.3) is 55.3 Å². The van der Waals surface area contributed by atoms with Crippen molar-refractivity contribution >= 4 is 33.4 Å². The molecule has 0 spiro atoms. The number of hydrogen-bond acceptors (Lipinski definition) is 6. The van der Waals surface area contributed by atoms with Crippen LogP contribution in [-0.4, -0.2) is 35.1 Å². The number of H-pyrrole nitrogens is 2. The van der Waals surface area contributed by atoms with Crippen LogP contribution in [0.4, 0.5) is 0 Å². The van der Waals surface area contributed by atoms with E-state index >= 15 is 0 Å². The summed E-state index contributed by atoms with van der Waals surface area (Å²) in [5.41, 5.74) is 6.14. The zero-order valence-corrected chi connectivity index (χ0v) is 15.8. The summed E-state index contributed by atoms with van der Waals surface area (Å²) >= 11 is 1.65. The Bertz CT molecular complexity index is 1450. The van der Waals surface area contributed by atoms with Crippen molar-refractivity contribution < 1.29 is 0 Å². The van der Waals surface area contributed by atoms with Crippen molar-refractivity contribution in [2.45, 2.75) is 0 Å². The van der Waals surface area contributed by atoms with E-state index in [0.717, 1.165) is 43.8 Å². The predicted molar refractivity (Wildman–Crippen MR) is 113 cm³/mol. The highest BCUT2D eigenvalue weighted by Crippen LogP contribution is 2.32. The fourth-order valence-electron chi connectivity index (χ4n) is 3.43. The van der Waals surface area contributed by atoms with Gasteiger partial charge in [-0.1, -0.05) is 6.07 Å². The molecule has 0 unspecified atom stereocenters. The summed E-state index contributed by atoms with van der Waals surface area (Å²) in [4.78, 5) is 22.5. The van der Waals surface area contributed by atoms with E-state index in [-0.39, 0.29) is 0 Å². The van der Waals surface area contributed by atoms with Gasteiger partial charge in [0.15, 0.2) is 11.5 Å². The van der Waals surface area contributed by atoms with E-state index in [2.05, 4.69) is 42.3 Å².